The number of hydrogen-bond acceptors (Lipinski definition) is 2. The van der Waals surface area contributed by atoms with E-state index >= 15 is 0 Å². The zero-order chi connectivity index (χ0) is 9.94. The first-order valence-electron chi connectivity index (χ1n) is 4.46. The highest BCUT2D eigenvalue weighted by molar-refractivity contribution is 5.42. The number of nitrogens with zero attached hydrogens (tertiary/aromatic N) is 2. The molecule has 0 amide bonds. The van der Waals surface area contributed by atoms with E-state index in [2.05, 4.69) is 24.1 Å². The van der Waals surface area contributed by atoms with E-state index in [0.717, 1.165) is 13.1 Å². The molecule has 70 valence electrons. The van der Waals surface area contributed by atoms with Crippen LogP contribution in [0.2, 0.25) is 0 Å². The number of diazo groups is 1. The predicted octanol–water partition coefficient (Wildman–Crippen LogP) is 2.79. The smallest absolute Gasteiger partial charge is 0.317 e. The molecule has 3 nitrogen and oxygen atoms in total. The van der Waals surface area contributed by atoms with Crippen molar-refractivity contribution in [2.75, 3.05) is 13.1 Å². The van der Waals surface area contributed by atoms with Crippen molar-refractivity contribution in [1.29, 1.82) is 5.39 Å². The molecule has 0 aliphatic rings. The molecule has 3 heteroatoms. The molecule has 0 atom stereocenters. The van der Waals surface area contributed by atoms with E-state index in [1.807, 2.05) is 18.2 Å². The fourth-order valence-electron chi connectivity index (χ4n) is 0.745. The van der Waals surface area contributed by atoms with Gasteiger partial charge in [0.25, 0.3) is 0 Å². The summed E-state index contributed by atoms with van der Waals surface area (Å²) in [5.41, 5.74) is 0.590. The summed E-state index contributed by atoms with van der Waals surface area (Å²) < 4.78 is 0. The van der Waals surface area contributed by atoms with Gasteiger partial charge in [0.1, 0.15) is 0 Å². The molecule has 0 fully saturated rings. The fourth-order valence-corrected chi connectivity index (χ4v) is 0.745. The van der Waals surface area contributed by atoms with E-state index in [0.29, 0.717) is 5.69 Å². The van der Waals surface area contributed by atoms with Crippen molar-refractivity contribution >= 4 is 5.69 Å². The molecule has 13 heavy (non-hydrogen) atoms. The molecule has 0 heterocycles. The van der Waals surface area contributed by atoms with Crippen LogP contribution >= 0.6 is 0 Å². The highest BCUT2D eigenvalue weighted by atomic mass is 14.8. The summed E-state index contributed by atoms with van der Waals surface area (Å²) in [6.07, 6.45) is 0. The van der Waals surface area contributed by atoms with Gasteiger partial charge in [-0.2, -0.15) is 0 Å². The number of hydrogen-bond donors (Lipinski definition) is 1. The summed E-state index contributed by atoms with van der Waals surface area (Å²) in [5, 5.41) is 11.3. The molecule has 1 aromatic rings. The Balaban J connectivity index is 0.000000252. The van der Waals surface area contributed by atoms with Gasteiger partial charge in [0.05, 0.1) is 0 Å². The predicted molar refractivity (Wildman–Crippen MR) is 55.4 cm³/mol. The number of nitrogens with one attached hydrogen (secondary N) is 1. The molecule has 0 aromatic heterocycles. The van der Waals surface area contributed by atoms with Gasteiger partial charge in [-0.15, -0.1) is 0 Å². The van der Waals surface area contributed by atoms with Gasteiger partial charge in [-0.3, -0.25) is 0 Å². The minimum atomic E-state index is 0.590. The van der Waals surface area contributed by atoms with Crippen LogP contribution in [0.15, 0.2) is 30.3 Å². The van der Waals surface area contributed by atoms with E-state index in [4.69, 9.17) is 5.39 Å². The lowest BCUT2D eigenvalue weighted by Gasteiger charge is -1.86. The van der Waals surface area contributed by atoms with Crippen molar-refractivity contribution < 1.29 is 0 Å². The second-order valence-corrected chi connectivity index (χ2v) is 2.39. The van der Waals surface area contributed by atoms with Crippen LogP contribution in [-0.2, 0) is 0 Å². The second-order valence-electron chi connectivity index (χ2n) is 2.39. The normalized spacial score (nSPS) is 8.08. The van der Waals surface area contributed by atoms with Crippen LogP contribution in [0.3, 0.4) is 0 Å². The van der Waals surface area contributed by atoms with Gasteiger partial charge >= 0.3 is 5.69 Å². The summed E-state index contributed by atoms with van der Waals surface area (Å²) in [7, 11) is 0. The molecular formula is C10H16N3+. The van der Waals surface area contributed by atoms with E-state index in [1.165, 1.54) is 0 Å². The SMILES string of the molecule is CCNCC.N#[N+]c1ccccc1. The Morgan fingerprint density at radius 1 is 1.15 bits per heavy atom. The van der Waals surface area contributed by atoms with Gasteiger partial charge in [0.15, 0.2) is 4.98 Å². The molecule has 0 saturated heterocycles. The van der Waals surface area contributed by atoms with Crippen LogP contribution in [0.4, 0.5) is 5.69 Å². The average molecular weight is 178 g/mol. The van der Waals surface area contributed by atoms with E-state index in [9.17, 15) is 0 Å². The highest BCUT2D eigenvalue weighted by Gasteiger charge is 1.95. The first kappa shape index (κ1) is 11.6. The molecule has 0 bridgehead atoms. The van der Waals surface area contributed by atoms with Crippen molar-refractivity contribution in [3.8, 4) is 0 Å². The minimum Gasteiger partial charge on any atom is -0.317 e. The monoisotopic (exact) mass is 178 g/mol. The number of rotatable bonds is 2. The van der Waals surface area contributed by atoms with Crippen molar-refractivity contribution in [3.05, 3.63) is 35.3 Å². The second kappa shape index (κ2) is 8.69. The Morgan fingerprint density at radius 2 is 1.69 bits per heavy atom. The zero-order valence-corrected chi connectivity index (χ0v) is 8.20. The van der Waals surface area contributed by atoms with Gasteiger partial charge in [-0.05, 0) is 13.1 Å². The van der Waals surface area contributed by atoms with Crippen LogP contribution in [0.5, 0.6) is 0 Å². The third-order valence-electron chi connectivity index (χ3n) is 1.37. The highest BCUT2D eigenvalue weighted by Crippen LogP contribution is 2.07. The fraction of sp³-hybridized carbons (Fsp3) is 0.400. The Hall–Kier alpha value is -1.40. The maximum atomic E-state index is 8.16. The van der Waals surface area contributed by atoms with Crippen LogP contribution in [-0.4, -0.2) is 13.1 Å². The molecule has 0 spiro atoms. The van der Waals surface area contributed by atoms with Crippen LogP contribution < -0.4 is 5.32 Å². The maximum Gasteiger partial charge on any atom is 0.385 e. The van der Waals surface area contributed by atoms with Crippen LogP contribution in [0.1, 0.15) is 13.8 Å². The summed E-state index contributed by atoms with van der Waals surface area (Å²) in [4.78, 5) is 2.97. The van der Waals surface area contributed by atoms with E-state index in [-0.39, 0.29) is 0 Å². The molecule has 1 N–H and O–H groups in total. The summed E-state index contributed by atoms with van der Waals surface area (Å²) in [6.45, 7) is 6.39. The number of benzene rings is 1. The molecule has 0 radical (unpaired) electrons. The average Bonchev–Trinajstić information content (AvgIpc) is 2.21. The van der Waals surface area contributed by atoms with Crippen molar-refractivity contribution in [3.63, 3.8) is 0 Å². The molecule has 0 saturated carbocycles. The molecule has 0 unspecified atom stereocenters. The Bertz CT molecular complexity index is 236. The minimum absolute atomic E-state index is 0.590. The third-order valence-corrected chi connectivity index (χ3v) is 1.37. The van der Waals surface area contributed by atoms with Gasteiger partial charge in [0, 0.05) is 12.1 Å². The van der Waals surface area contributed by atoms with Crippen molar-refractivity contribution in [1.82, 2.24) is 5.32 Å². The van der Waals surface area contributed by atoms with E-state index in [1.54, 1.807) is 12.1 Å². The lowest BCUT2D eigenvalue weighted by Crippen LogP contribution is -2.09. The molecule has 1 aromatic carbocycles. The lowest BCUT2D eigenvalue weighted by atomic mass is 10.3. The Labute approximate surface area is 79.4 Å². The van der Waals surface area contributed by atoms with Crippen LogP contribution in [0.25, 0.3) is 4.98 Å². The Kier molecular flexibility index (Phi) is 7.76. The van der Waals surface area contributed by atoms with Gasteiger partial charge in [-0.1, -0.05) is 32.0 Å². The van der Waals surface area contributed by atoms with Crippen molar-refractivity contribution in [2.45, 2.75) is 13.8 Å². The lowest BCUT2D eigenvalue weighted by molar-refractivity contribution is 0.762. The van der Waals surface area contributed by atoms with Crippen molar-refractivity contribution in [2.24, 2.45) is 0 Å². The first-order valence-corrected chi connectivity index (χ1v) is 4.46. The summed E-state index contributed by atoms with van der Waals surface area (Å²) >= 11 is 0. The topological polar surface area (TPSA) is 40.2 Å². The first-order chi connectivity index (χ1) is 6.35. The summed E-state index contributed by atoms with van der Waals surface area (Å²) in [6, 6.07) is 8.94. The zero-order valence-electron chi connectivity index (χ0n) is 8.20. The third kappa shape index (κ3) is 6.98. The molecular weight excluding hydrogens is 162 g/mol. The standard InChI is InChI=1S/C6H5N2.C4H11N/c7-8-6-4-2-1-3-5-6;1-3-5-4-2/h1-5H;5H,3-4H2,1-2H3/q+1;. The Morgan fingerprint density at radius 3 is 1.92 bits per heavy atom. The molecule has 1 rings (SSSR count). The van der Waals surface area contributed by atoms with Gasteiger partial charge in [0.2, 0.25) is 5.39 Å². The quantitative estimate of drug-likeness (QED) is 0.707. The van der Waals surface area contributed by atoms with Crippen LogP contribution in [0, 0.1) is 5.39 Å². The van der Waals surface area contributed by atoms with E-state index < -0.39 is 0 Å². The summed E-state index contributed by atoms with van der Waals surface area (Å²) in [5.74, 6) is 0. The molecule has 0 aliphatic carbocycles. The molecule has 0 aliphatic heterocycles. The van der Waals surface area contributed by atoms with Gasteiger partial charge < -0.3 is 5.32 Å². The van der Waals surface area contributed by atoms with Gasteiger partial charge in [-0.25, -0.2) is 0 Å². The maximum absolute atomic E-state index is 8.16. The largest absolute Gasteiger partial charge is 0.385 e.